The fourth-order valence-corrected chi connectivity index (χ4v) is 2.45. The van der Waals surface area contributed by atoms with Crippen molar-refractivity contribution < 1.29 is 36.1 Å². The predicted molar refractivity (Wildman–Crippen MR) is 54.8 cm³/mol. The van der Waals surface area contributed by atoms with Gasteiger partial charge >= 0.3 is 12.1 Å². The van der Waals surface area contributed by atoms with Gasteiger partial charge in [0.05, 0.1) is 16.6 Å². The number of carbonyl (C=O) groups is 1. The first kappa shape index (κ1) is 15.5. The van der Waals surface area contributed by atoms with Gasteiger partial charge in [0.1, 0.15) is 0 Å². The average Bonchev–Trinajstić information content (AvgIpc) is 2.27. The van der Waals surface area contributed by atoms with Gasteiger partial charge in [-0.05, 0) is 18.2 Å². The van der Waals surface area contributed by atoms with Crippen LogP contribution in [0.4, 0.5) is 22.0 Å². The highest BCUT2D eigenvalue weighted by atomic mass is 32.2. The molecule has 1 N–H and O–H groups in total. The van der Waals surface area contributed by atoms with E-state index in [0.29, 0.717) is 12.1 Å². The number of hydrogen-bond donors (Lipinski definition) is 1. The third-order valence-corrected chi connectivity index (χ3v) is 3.58. The number of carboxylic acid groups (broad SMARTS) is 1. The van der Waals surface area contributed by atoms with Gasteiger partial charge in [-0.15, -0.1) is 0 Å². The molecule has 19 heavy (non-hydrogen) atoms. The van der Waals surface area contributed by atoms with Crippen molar-refractivity contribution in [1.29, 1.82) is 0 Å². The van der Waals surface area contributed by atoms with E-state index in [1.165, 1.54) is 0 Å². The van der Waals surface area contributed by atoms with E-state index >= 15 is 0 Å². The van der Waals surface area contributed by atoms with Crippen LogP contribution < -0.4 is 0 Å². The molecule has 0 bridgehead atoms. The van der Waals surface area contributed by atoms with E-state index in [0.717, 1.165) is 6.07 Å². The van der Waals surface area contributed by atoms with Gasteiger partial charge < -0.3 is 5.11 Å². The molecule has 0 aliphatic carbocycles. The largest absolute Gasteiger partial charge is 0.481 e. The first-order chi connectivity index (χ1) is 8.62. The molecule has 0 radical (unpaired) electrons. The van der Waals surface area contributed by atoms with Gasteiger partial charge in [-0.25, -0.2) is 8.78 Å². The number of benzene rings is 1. The Morgan fingerprint density at radius 2 is 1.84 bits per heavy atom. The number of halogens is 5. The molecule has 0 aromatic heterocycles. The Morgan fingerprint density at radius 1 is 1.26 bits per heavy atom. The van der Waals surface area contributed by atoms with Gasteiger partial charge in [-0.3, -0.25) is 9.00 Å². The van der Waals surface area contributed by atoms with Crippen LogP contribution in [0.5, 0.6) is 0 Å². The Balaban J connectivity index is 2.94. The van der Waals surface area contributed by atoms with Crippen LogP contribution in [0.15, 0.2) is 23.1 Å². The first-order valence-electron chi connectivity index (χ1n) is 4.76. The molecule has 2 atom stereocenters. The van der Waals surface area contributed by atoms with Crippen LogP contribution in [-0.4, -0.2) is 27.2 Å². The summed E-state index contributed by atoms with van der Waals surface area (Å²) in [6, 6.07) is 1.91. The Kier molecular flexibility index (Phi) is 4.61. The molecular weight excluding hydrogens is 295 g/mol. The fraction of sp³-hybridized carbons (Fsp3) is 0.300. The Morgan fingerprint density at radius 3 is 2.26 bits per heavy atom. The molecule has 0 heterocycles. The lowest BCUT2D eigenvalue weighted by atomic mass is 10.2. The number of hydrogen-bond acceptors (Lipinski definition) is 2. The second-order valence-electron chi connectivity index (χ2n) is 3.52. The van der Waals surface area contributed by atoms with Crippen molar-refractivity contribution in [3.05, 3.63) is 29.8 Å². The van der Waals surface area contributed by atoms with Crippen molar-refractivity contribution in [3.63, 3.8) is 0 Å². The van der Waals surface area contributed by atoms with Crippen LogP contribution in [-0.2, 0) is 15.6 Å². The minimum absolute atomic E-state index is 0.408. The fourth-order valence-electron chi connectivity index (χ4n) is 1.17. The lowest BCUT2D eigenvalue weighted by Gasteiger charge is -2.15. The number of alkyl halides is 3. The van der Waals surface area contributed by atoms with E-state index in [-0.39, 0.29) is 0 Å². The number of rotatable bonds is 4. The normalized spacial score (nSPS) is 15.0. The van der Waals surface area contributed by atoms with E-state index < -0.39 is 51.1 Å². The van der Waals surface area contributed by atoms with Crippen LogP contribution in [0.3, 0.4) is 0 Å². The number of aliphatic carboxylic acids is 1. The molecule has 1 rings (SSSR count). The van der Waals surface area contributed by atoms with Crippen molar-refractivity contribution in [1.82, 2.24) is 0 Å². The van der Waals surface area contributed by atoms with Crippen molar-refractivity contribution in [2.75, 3.05) is 5.75 Å². The summed E-state index contributed by atoms with van der Waals surface area (Å²) in [6.07, 6.45) is -5.07. The van der Waals surface area contributed by atoms with E-state index in [4.69, 9.17) is 5.11 Å². The molecule has 0 aliphatic heterocycles. The average molecular weight is 302 g/mol. The zero-order valence-electron chi connectivity index (χ0n) is 9.08. The minimum Gasteiger partial charge on any atom is -0.481 e. The SMILES string of the molecule is O=C(O)C(CS(=O)c1ccc(F)c(F)c1)C(F)(F)F. The van der Waals surface area contributed by atoms with Gasteiger partial charge in [-0.1, -0.05) is 0 Å². The lowest BCUT2D eigenvalue weighted by molar-refractivity contribution is -0.188. The quantitative estimate of drug-likeness (QED) is 0.869. The van der Waals surface area contributed by atoms with Crippen molar-refractivity contribution in [2.24, 2.45) is 5.92 Å². The van der Waals surface area contributed by atoms with Crippen LogP contribution in [0.25, 0.3) is 0 Å². The molecule has 9 heteroatoms. The first-order valence-corrected chi connectivity index (χ1v) is 6.07. The molecule has 2 unspecified atom stereocenters. The van der Waals surface area contributed by atoms with E-state index in [2.05, 4.69) is 0 Å². The summed E-state index contributed by atoms with van der Waals surface area (Å²) in [4.78, 5) is 10.0. The van der Waals surface area contributed by atoms with E-state index in [1.807, 2.05) is 0 Å². The Bertz CT molecular complexity index is 514. The molecule has 0 saturated heterocycles. The molecule has 0 amide bonds. The molecule has 1 aromatic carbocycles. The highest BCUT2D eigenvalue weighted by Crippen LogP contribution is 2.28. The summed E-state index contributed by atoms with van der Waals surface area (Å²) in [5.41, 5.74) is 0. The zero-order chi connectivity index (χ0) is 14.8. The Hall–Kier alpha value is -1.51. The summed E-state index contributed by atoms with van der Waals surface area (Å²) < 4.78 is 74.0. The maximum absolute atomic E-state index is 12.8. The third kappa shape index (κ3) is 3.98. The molecule has 106 valence electrons. The van der Waals surface area contributed by atoms with Gasteiger partial charge in [-0.2, -0.15) is 13.2 Å². The van der Waals surface area contributed by atoms with Gasteiger partial charge in [0.25, 0.3) is 0 Å². The summed E-state index contributed by atoms with van der Waals surface area (Å²) in [5, 5.41) is 8.41. The number of carboxylic acids is 1. The van der Waals surface area contributed by atoms with Gasteiger partial charge in [0.15, 0.2) is 17.6 Å². The summed E-state index contributed by atoms with van der Waals surface area (Å²) in [6.45, 7) is 0. The molecule has 0 saturated carbocycles. The van der Waals surface area contributed by atoms with Crippen molar-refractivity contribution in [2.45, 2.75) is 11.1 Å². The Labute approximate surface area is 106 Å². The molecule has 0 spiro atoms. The van der Waals surface area contributed by atoms with Crippen molar-refractivity contribution in [3.8, 4) is 0 Å². The minimum atomic E-state index is -5.07. The van der Waals surface area contributed by atoms with Crippen LogP contribution >= 0.6 is 0 Å². The molecular formula is C10H7F5O3S. The van der Waals surface area contributed by atoms with Crippen molar-refractivity contribution >= 4 is 16.8 Å². The van der Waals surface area contributed by atoms with Crippen LogP contribution in [0.1, 0.15) is 0 Å². The van der Waals surface area contributed by atoms with Gasteiger partial charge in [0.2, 0.25) is 0 Å². The van der Waals surface area contributed by atoms with Gasteiger partial charge in [0, 0.05) is 4.90 Å². The summed E-state index contributed by atoms with van der Waals surface area (Å²) in [5.74, 6) is -8.88. The second-order valence-corrected chi connectivity index (χ2v) is 5.02. The molecule has 0 fully saturated rings. The third-order valence-electron chi connectivity index (χ3n) is 2.17. The molecule has 0 aliphatic rings. The maximum atomic E-state index is 12.8. The smallest absolute Gasteiger partial charge is 0.403 e. The highest BCUT2D eigenvalue weighted by molar-refractivity contribution is 7.85. The molecule has 1 aromatic rings. The zero-order valence-corrected chi connectivity index (χ0v) is 9.89. The topological polar surface area (TPSA) is 54.4 Å². The maximum Gasteiger partial charge on any atom is 0.403 e. The second kappa shape index (κ2) is 5.64. The summed E-state index contributed by atoms with van der Waals surface area (Å²) >= 11 is 0. The van der Waals surface area contributed by atoms with E-state index in [9.17, 15) is 31.0 Å². The molecule has 3 nitrogen and oxygen atoms in total. The van der Waals surface area contributed by atoms with E-state index in [1.54, 1.807) is 0 Å². The monoisotopic (exact) mass is 302 g/mol. The predicted octanol–water partition coefficient (Wildman–Crippen LogP) is 2.34. The summed E-state index contributed by atoms with van der Waals surface area (Å²) in [7, 11) is -2.41. The van der Waals surface area contributed by atoms with Crippen LogP contribution in [0, 0.1) is 17.6 Å². The lowest BCUT2D eigenvalue weighted by Crippen LogP contribution is -2.35. The van der Waals surface area contributed by atoms with Crippen LogP contribution in [0.2, 0.25) is 0 Å². The highest BCUT2D eigenvalue weighted by Gasteiger charge is 2.46. The standard InChI is InChI=1S/C10H7F5O3S/c11-7-2-1-5(3-8(7)12)19(18)4-6(9(16)17)10(13,14)15/h1-3,6H,4H2,(H,16,17).